The van der Waals surface area contributed by atoms with E-state index in [0.717, 1.165) is 21.8 Å². The fourth-order valence-corrected chi connectivity index (χ4v) is 4.73. The van der Waals surface area contributed by atoms with E-state index < -0.39 is 23.4 Å². The second kappa shape index (κ2) is 11.2. The van der Waals surface area contributed by atoms with Crippen molar-refractivity contribution in [1.82, 2.24) is 30.7 Å². The Kier molecular flexibility index (Phi) is 7.49. The Morgan fingerprint density at radius 1 is 1.15 bits per heavy atom. The number of carbonyl (C=O) groups is 2. The Labute approximate surface area is 231 Å². The monoisotopic (exact) mass is 565 g/mol. The molecule has 0 spiro atoms. The molecular weight excluding hydrogens is 544 g/mol. The number of hydrazine groups is 1. The maximum absolute atomic E-state index is 14.5. The van der Waals surface area contributed by atoms with E-state index in [-0.39, 0.29) is 34.6 Å². The number of rotatable bonds is 7. The lowest BCUT2D eigenvalue weighted by atomic mass is 10.0. The minimum Gasteiger partial charge on any atom is -0.347 e. The Bertz CT molecular complexity index is 1690. The van der Waals surface area contributed by atoms with Gasteiger partial charge in [-0.3, -0.25) is 9.59 Å². The van der Waals surface area contributed by atoms with Crippen LogP contribution in [0.2, 0.25) is 5.02 Å². The van der Waals surface area contributed by atoms with E-state index in [4.69, 9.17) is 17.4 Å². The van der Waals surface area contributed by atoms with Crippen LogP contribution < -0.4 is 21.9 Å². The predicted molar refractivity (Wildman–Crippen MR) is 144 cm³/mol. The zero-order valence-corrected chi connectivity index (χ0v) is 21.5. The van der Waals surface area contributed by atoms with E-state index in [9.17, 15) is 18.4 Å². The van der Waals surface area contributed by atoms with Gasteiger partial charge in [-0.25, -0.2) is 24.1 Å². The summed E-state index contributed by atoms with van der Waals surface area (Å²) in [5, 5.41) is 16.7. The molecule has 0 fully saturated rings. The summed E-state index contributed by atoms with van der Waals surface area (Å²) < 4.78 is 28.9. The fraction of sp³-hybridized carbons (Fsp3) is 0.154. The number of amidine groups is 1. The van der Waals surface area contributed by atoms with E-state index in [0.29, 0.717) is 29.8 Å². The molecule has 2 aromatic carbocycles. The average Bonchev–Trinajstić information content (AvgIpc) is 3.54. The molecule has 5 N–H and O–H groups in total. The molecule has 204 valence electrons. The minimum absolute atomic E-state index is 0.00474. The number of carbonyl (C=O) groups excluding carboxylic acids is 2. The third-order valence-electron chi connectivity index (χ3n) is 6.44. The molecule has 0 saturated heterocycles. The van der Waals surface area contributed by atoms with Crippen LogP contribution in [0.5, 0.6) is 0 Å². The summed E-state index contributed by atoms with van der Waals surface area (Å²) in [6.07, 6.45) is 2.20. The molecule has 1 aliphatic carbocycles. The standard InChI is InChI=1S/C26H22ClF2N9O2/c1-31-37-23(36-30)15-3-5-16-14(9-15)4-7-20(16)35-26(40)22-10-21(34-24-19(29)12-33-38(22)24)25(39)32-11-13-2-6-18(28)17(27)8-13/h2-3,5-6,8-10,12,20H,1,4,7,11,30H2,(H,32,39)(H,35,40)(H,36,37)/t20-/m0/s1. The molecule has 1 atom stereocenters. The van der Waals surface area contributed by atoms with Crippen LogP contribution in [-0.4, -0.2) is 39.0 Å². The number of aryl methyl sites for hydroxylation is 1. The quantitative estimate of drug-likeness (QED) is 0.117. The third-order valence-corrected chi connectivity index (χ3v) is 6.73. The average molecular weight is 566 g/mol. The van der Waals surface area contributed by atoms with Crippen LogP contribution in [0.1, 0.15) is 55.7 Å². The predicted octanol–water partition coefficient (Wildman–Crippen LogP) is 2.83. The zero-order valence-electron chi connectivity index (χ0n) is 20.8. The van der Waals surface area contributed by atoms with Crippen molar-refractivity contribution < 1.29 is 18.4 Å². The first kappa shape index (κ1) is 26.8. The molecule has 0 unspecified atom stereocenters. The molecule has 1 aliphatic rings. The Morgan fingerprint density at radius 3 is 2.73 bits per heavy atom. The molecule has 0 aliphatic heterocycles. The SMILES string of the molecule is C=N/N=C(\NN)c1ccc2c(c1)CC[C@@H]2NC(=O)c1cc(C(=O)NCc2ccc(F)c(Cl)c2)nc2c(F)cnn12. The summed E-state index contributed by atoms with van der Waals surface area (Å²) >= 11 is 5.80. The van der Waals surface area contributed by atoms with Crippen LogP contribution in [-0.2, 0) is 13.0 Å². The number of amides is 2. The number of fused-ring (bicyclic) bond motifs is 2. The van der Waals surface area contributed by atoms with Crippen molar-refractivity contribution in [3.63, 3.8) is 0 Å². The van der Waals surface area contributed by atoms with Crippen LogP contribution in [0.25, 0.3) is 5.65 Å². The van der Waals surface area contributed by atoms with Gasteiger partial charge >= 0.3 is 0 Å². The van der Waals surface area contributed by atoms with Crippen LogP contribution in [0, 0.1) is 11.6 Å². The summed E-state index contributed by atoms with van der Waals surface area (Å²) in [6.45, 7) is 3.34. The highest BCUT2D eigenvalue weighted by atomic mass is 35.5. The number of nitrogens with two attached hydrogens (primary N) is 1. The highest BCUT2D eigenvalue weighted by molar-refractivity contribution is 6.30. The molecular formula is C26H22ClF2N9O2. The summed E-state index contributed by atoms with van der Waals surface area (Å²) in [5.74, 6) is 3.24. The van der Waals surface area contributed by atoms with E-state index >= 15 is 0 Å². The first-order chi connectivity index (χ1) is 19.3. The third kappa shape index (κ3) is 5.24. The van der Waals surface area contributed by atoms with E-state index in [1.165, 1.54) is 24.3 Å². The molecule has 4 aromatic rings. The van der Waals surface area contributed by atoms with Gasteiger partial charge in [0, 0.05) is 24.9 Å². The van der Waals surface area contributed by atoms with Gasteiger partial charge in [0.25, 0.3) is 11.8 Å². The van der Waals surface area contributed by atoms with Crippen molar-refractivity contribution in [2.24, 2.45) is 16.0 Å². The summed E-state index contributed by atoms with van der Waals surface area (Å²) in [6, 6.07) is 10.5. The van der Waals surface area contributed by atoms with Crippen molar-refractivity contribution in [2.75, 3.05) is 0 Å². The molecule has 2 amide bonds. The molecule has 11 nitrogen and oxygen atoms in total. The van der Waals surface area contributed by atoms with Gasteiger partial charge in [-0.15, -0.1) is 5.10 Å². The van der Waals surface area contributed by atoms with Crippen molar-refractivity contribution in [3.8, 4) is 0 Å². The first-order valence-corrected chi connectivity index (χ1v) is 12.4. The maximum atomic E-state index is 14.5. The molecule has 40 heavy (non-hydrogen) atoms. The zero-order chi connectivity index (χ0) is 28.4. The highest BCUT2D eigenvalue weighted by Gasteiger charge is 2.27. The fourth-order valence-electron chi connectivity index (χ4n) is 4.52. The molecule has 0 saturated carbocycles. The number of halogens is 3. The van der Waals surface area contributed by atoms with Crippen LogP contribution >= 0.6 is 11.6 Å². The lowest BCUT2D eigenvalue weighted by Gasteiger charge is -2.16. The van der Waals surface area contributed by atoms with Crippen molar-refractivity contribution in [1.29, 1.82) is 0 Å². The van der Waals surface area contributed by atoms with E-state index in [1.807, 2.05) is 12.1 Å². The molecule has 14 heteroatoms. The Balaban J connectivity index is 1.38. The van der Waals surface area contributed by atoms with Crippen LogP contribution in [0.3, 0.4) is 0 Å². The van der Waals surface area contributed by atoms with Gasteiger partial charge in [0.2, 0.25) is 0 Å². The molecule has 2 aromatic heterocycles. The van der Waals surface area contributed by atoms with Gasteiger partial charge in [0.05, 0.1) is 17.3 Å². The smallest absolute Gasteiger partial charge is 0.270 e. The van der Waals surface area contributed by atoms with Gasteiger partial charge in [-0.2, -0.15) is 10.2 Å². The van der Waals surface area contributed by atoms with Gasteiger partial charge in [-0.1, -0.05) is 29.8 Å². The number of hydrogen-bond donors (Lipinski definition) is 4. The highest BCUT2D eigenvalue weighted by Crippen LogP contribution is 2.32. The molecule has 5 rings (SSSR count). The molecule has 2 heterocycles. The first-order valence-electron chi connectivity index (χ1n) is 12.0. The van der Waals surface area contributed by atoms with Crippen LogP contribution in [0.15, 0.2) is 58.9 Å². The van der Waals surface area contributed by atoms with E-state index in [2.05, 4.69) is 43.1 Å². The number of benzene rings is 2. The van der Waals surface area contributed by atoms with Crippen molar-refractivity contribution in [2.45, 2.75) is 25.4 Å². The van der Waals surface area contributed by atoms with Gasteiger partial charge < -0.3 is 16.1 Å². The Hall–Kier alpha value is -4.75. The maximum Gasteiger partial charge on any atom is 0.270 e. The minimum atomic E-state index is -0.798. The molecule has 0 radical (unpaired) electrons. The second-order valence-corrected chi connectivity index (χ2v) is 9.31. The lowest BCUT2D eigenvalue weighted by Crippen LogP contribution is -2.31. The normalized spacial score (nSPS) is 14.6. The number of nitrogens with one attached hydrogen (secondary N) is 3. The van der Waals surface area contributed by atoms with Gasteiger partial charge in [0.1, 0.15) is 17.2 Å². The topological polar surface area (TPSA) is 151 Å². The molecule has 0 bridgehead atoms. The summed E-state index contributed by atoms with van der Waals surface area (Å²) in [7, 11) is 0. The van der Waals surface area contributed by atoms with Crippen molar-refractivity contribution >= 4 is 41.6 Å². The van der Waals surface area contributed by atoms with Crippen LogP contribution in [0.4, 0.5) is 8.78 Å². The van der Waals surface area contributed by atoms with Gasteiger partial charge in [0.15, 0.2) is 17.3 Å². The number of aromatic nitrogens is 3. The lowest BCUT2D eigenvalue weighted by molar-refractivity contribution is 0.0929. The number of nitrogens with zero attached hydrogens (tertiary/aromatic N) is 5. The summed E-state index contributed by atoms with van der Waals surface area (Å²) in [4.78, 5) is 30.3. The van der Waals surface area contributed by atoms with E-state index in [1.54, 1.807) is 6.07 Å². The Morgan fingerprint density at radius 2 is 1.98 bits per heavy atom. The summed E-state index contributed by atoms with van der Waals surface area (Å²) in [5.41, 5.74) is 5.06. The number of hydrogen-bond acceptors (Lipinski definition) is 7. The van der Waals surface area contributed by atoms with Gasteiger partial charge in [-0.05, 0) is 47.7 Å². The second-order valence-electron chi connectivity index (χ2n) is 8.90. The van der Waals surface area contributed by atoms with Crippen molar-refractivity contribution in [3.05, 3.63) is 99.0 Å². The largest absolute Gasteiger partial charge is 0.347 e.